The van der Waals surface area contributed by atoms with Gasteiger partial charge in [-0.3, -0.25) is 9.13 Å². The highest BCUT2D eigenvalue weighted by Gasteiger charge is 2.27. The maximum atomic E-state index is 5.74. The maximum Gasteiger partial charge on any atom is 0.235 e. The SMILES string of the molecule is c1ccc(-c2nc3cc(-c4ccc5c(c4)c4c6ccccc6n(-c6nc(-c7ccccc7)c7ccc8ccccc8c7n6)c4c4sc6ccccc6c54)ccc3nc2-n2c3ccccc3c3c4ccccc4c4c5ccccc5sc4c32)cc1. The van der Waals surface area contributed by atoms with E-state index in [2.05, 4.69) is 264 Å². The molecule has 8 heteroatoms. The van der Waals surface area contributed by atoms with Crippen LogP contribution >= 0.6 is 22.7 Å². The van der Waals surface area contributed by atoms with Crippen molar-refractivity contribution >= 4 is 161 Å². The molecule has 0 fully saturated rings. The summed E-state index contributed by atoms with van der Waals surface area (Å²) in [5.74, 6) is 1.44. The van der Waals surface area contributed by atoms with Crippen molar-refractivity contribution in [2.75, 3.05) is 0 Å². The van der Waals surface area contributed by atoms with Crippen molar-refractivity contribution in [2.45, 2.75) is 0 Å². The predicted octanol–water partition coefficient (Wildman–Crippen LogP) is 21.0. The second-order valence-electron chi connectivity index (χ2n) is 21.9. The molecule has 0 spiro atoms. The molecule has 0 unspecified atom stereocenters. The topological polar surface area (TPSA) is 61.4 Å². The van der Waals surface area contributed by atoms with Gasteiger partial charge in [0.2, 0.25) is 5.95 Å². The van der Waals surface area contributed by atoms with Gasteiger partial charge in [-0.1, -0.05) is 206 Å². The molecule has 0 aliphatic heterocycles. The molecule has 6 heterocycles. The lowest BCUT2D eigenvalue weighted by Gasteiger charge is -2.15. The van der Waals surface area contributed by atoms with Gasteiger partial charge in [0.1, 0.15) is 5.69 Å². The van der Waals surface area contributed by atoms with Crippen molar-refractivity contribution in [1.82, 2.24) is 29.1 Å². The van der Waals surface area contributed by atoms with Crippen LogP contribution in [0.15, 0.2) is 255 Å². The van der Waals surface area contributed by atoms with Gasteiger partial charge in [0.25, 0.3) is 0 Å². The van der Waals surface area contributed by atoms with Gasteiger partial charge in [-0.15, -0.1) is 22.7 Å². The highest BCUT2D eigenvalue weighted by Crippen LogP contribution is 2.51. The molecule has 0 aliphatic rings. The lowest BCUT2D eigenvalue weighted by atomic mass is 9.95. The fourth-order valence-corrected chi connectivity index (χ4v) is 16.4. The number of thiophene rings is 2. The number of rotatable bonds is 5. The van der Waals surface area contributed by atoms with E-state index in [0.29, 0.717) is 5.95 Å². The molecule has 0 saturated heterocycles. The van der Waals surface area contributed by atoms with E-state index >= 15 is 0 Å². The monoisotopic (exact) mass is 1100 g/mol. The van der Waals surface area contributed by atoms with Crippen molar-refractivity contribution in [3.8, 4) is 45.4 Å². The first kappa shape index (κ1) is 46.0. The smallest absolute Gasteiger partial charge is 0.235 e. The summed E-state index contributed by atoms with van der Waals surface area (Å²) in [6.07, 6.45) is 0. The van der Waals surface area contributed by atoms with Crippen molar-refractivity contribution < 1.29 is 0 Å². The van der Waals surface area contributed by atoms with Gasteiger partial charge in [0, 0.05) is 74.4 Å². The van der Waals surface area contributed by atoms with Crippen molar-refractivity contribution in [1.29, 1.82) is 0 Å². The first-order valence-corrected chi connectivity index (χ1v) is 30.0. The Bertz CT molecular complexity index is 6050. The van der Waals surface area contributed by atoms with Gasteiger partial charge >= 0.3 is 0 Å². The second-order valence-corrected chi connectivity index (χ2v) is 24.1. The Kier molecular flexibility index (Phi) is 9.55. The van der Waals surface area contributed by atoms with E-state index < -0.39 is 0 Å². The minimum Gasteiger partial charge on any atom is -0.290 e. The molecule has 0 bridgehead atoms. The van der Waals surface area contributed by atoms with Gasteiger partial charge in [-0.05, 0) is 86.6 Å². The third kappa shape index (κ3) is 6.43. The van der Waals surface area contributed by atoms with Gasteiger partial charge in [-0.25, -0.2) is 19.9 Å². The molecular weight excluding hydrogens is 1060 g/mol. The standard InChI is InChI=1S/C76H42N6S2/c1-3-20-44(21-4-1)68-56-39-35-43-19-7-8-24-48(43)70(56)80-76(79-68)82-61-32-16-12-28-53(61)65-57-41-46(36-38-51(57)67-55-30-14-18-34-63(55)84-74(67)72(65)82)47-37-40-58-59(42-47)77-69(45-22-5-2-6-23-45)75(78-58)81-60-31-15-11-27-52(60)64-49-25-9-10-26-50(49)66-54-29-13-17-33-62(54)83-73(66)71(64)81/h1-42H. The number of aromatic nitrogens is 6. The molecule has 84 heavy (non-hydrogen) atoms. The molecule has 13 aromatic carbocycles. The molecular formula is C76H42N6S2. The molecule has 0 atom stereocenters. The van der Waals surface area contributed by atoms with E-state index in [-0.39, 0.29) is 0 Å². The van der Waals surface area contributed by atoms with Crippen LogP contribution < -0.4 is 0 Å². The highest BCUT2D eigenvalue weighted by atomic mass is 32.1. The summed E-state index contributed by atoms with van der Waals surface area (Å²) >= 11 is 3.71. The summed E-state index contributed by atoms with van der Waals surface area (Å²) in [5.41, 5.74) is 12.9. The van der Waals surface area contributed by atoms with Crippen LogP contribution in [0, 0.1) is 0 Å². The van der Waals surface area contributed by atoms with Gasteiger partial charge in [-0.2, -0.15) is 0 Å². The first-order valence-electron chi connectivity index (χ1n) is 28.4. The largest absolute Gasteiger partial charge is 0.290 e. The Balaban J connectivity index is 0.871. The van der Waals surface area contributed by atoms with Crippen LogP contribution in [0.25, 0.3) is 184 Å². The van der Waals surface area contributed by atoms with E-state index in [0.717, 1.165) is 99.6 Å². The molecule has 6 aromatic heterocycles. The third-order valence-electron chi connectivity index (χ3n) is 17.5. The van der Waals surface area contributed by atoms with E-state index in [1.165, 1.54) is 78.0 Å². The Hall–Kier alpha value is -10.6. The highest BCUT2D eigenvalue weighted by molar-refractivity contribution is 7.27. The minimum absolute atomic E-state index is 0.641. The van der Waals surface area contributed by atoms with E-state index in [9.17, 15) is 0 Å². The van der Waals surface area contributed by atoms with Crippen LogP contribution in [0.5, 0.6) is 0 Å². The average Bonchev–Trinajstić information content (AvgIpc) is 1.75. The zero-order valence-electron chi connectivity index (χ0n) is 44.7. The van der Waals surface area contributed by atoms with Crippen LogP contribution in [0.3, 0.4) is 0 Å². The number of nitrogens with zero attached hydrogens (tertiary/aromatic N) is 6. The number of hydrogen-bond acceptors (Lipinski definition) is 6. The predicted molar refractivity (Wildman–Crippen MR) is 356 cm³/mol. The molecule has 19 rings (SSSR count). The molecule has 0 N–H and O–H groups in total. The summed E-state index contributed by atoms with van der Waals surface area (Å²) in [4.78, 5) is 22.7. The number of hydrogen-bond donors (Lipinski definition) is 0. The Morgan fingerprint density at radius 2 is 0.786 bits per heavy atom. The molecule has 0 amide bonds. The maximum absolute atomic E-state index is 5.74. The molecule has 0 radical (unpaired) electrons. The molecule has 0 aliphatic carbocycles. The Morgan fingerprint density at radius 3 is 1.48 bits per heavy atom. The molecule has 388 valence electrons. The molecule has 6 nitrogen and oxygen atoms in total. The van der Waals surface area contributed by atoms with Crippen molar-refractivity contribution in [3.63, 3.8) is 0 Å². The summed E-state index contributed by atoms with van der Waals surface area (Å²) in [6, 6.07) is 92.0. The summed E-state index contributed by atoms with van der Waals surface area (Å²) < 4.78 is 9.71. The van der Waals surface area contributed by atoms with Crippen LogP contribution in [0.4, 0.5) is 0 Å². The van der Waals surface area contributed by atoms with Crippen LogP contribution in [-0.2, 0) is 0 Å². The number of para-hydroxylation sites is 2. The normalized spacial score (nSPS) is 12.3. The zero-order valence-corrected chi connectivity index (χ0v) is 46.4. The first-order chi connectivity index (χ1) is 41.7. The second kappa shape index (κ2) is 17.4. The van der Waals surface area contributed by atoms with Crippen molar-refractivity contribution in [3.05, 3.63) is 255 Å². The zero-order chi connectivity index (χ0) is 54.7. The lowest BCUT2D eigenvalue weighted by Crippen LogP contribution is -2.04. The lowest BCUT2D eigenvalue weighted by molar-refractivity contribution is 1.02. The fraction of sp³-hybridized carbons (Fsp3) is 0. The van der Waals surface area contributed by atoms with Crippen molar-refractivity contribution in [2.24, 2.45) is 0 Å². The number of fused-ring (bicyclic) bond motifs is 24. The van der Waals surface area contributed by atoms with Crippen LogP contribution in [-0.4, -0.2) is 29.1 Å². The third-order valence-corrected chi connectivity index (χ3v) is 19.8. The Morgan fingerprint density at radius 1 is 0.286 bits per heavy atom. The van der Waals surface area contributed by atoms with Crippen LogP contribution in [0.1, 0.15) is 0 Å². The summed E-state index contributed by atoms with van der Waals surface area (Å²) in [7, 11) is 0. The van der Waals surface area contributed by atoms with E-state index in [1.54, 1.807) is 0 Å². The van der Waals surface area contributed by atoms with Gasteiger partial charge in [0.05, 0.1) is 53.7 Å². The van der Waals surface area contributed by atoms with E-state index in [1.807, 2.05) is 22.7 Å². The molecule has 19 aromatic rings. The number of benzene rings is 13. The average molecular weight is 1100 g/mol. The molecule has 0 saturated carbocycles. The summed E-state index contributed by atoms with van der Waals surface area (Å²) in [6.45, 7) is 0. The fourth-order valence-electron chi connectivity index (χ4n) is 13.8. The minimum atomic E-state index is 0.641. The van der Waals surface area contributed by atoms with Gasteiger partial charge < -0.3 is 0 Å². The van der Waals surface area contributed by atoms with Gasteiger partial charge in [0.15, 0.2) is 5.82 Å². The Labute approximate surface area is 487 Å². The van der Waals surface area contributed by atoms with E-state index in [4.69, 9.17) is 19.9 Å². The quantitative estimate of drug-likeness (QED) is 0.161. The van der Waals surface area contributed by atoms with Crippen LogP contribution in [0.2, 0.25) is 0 Å². The summed E-state index contributed by atoms with van der Waals surface area (Å²) in [5, 5.41) is 17.9.